The summed E-state index contributed by atoms with van der Waals surface area (Å²) < 4.78 is 10.3. The topological polar surface area (TPSA) is 72.0 Å². The third kappa shape index (κ3) is 5.00. The summed E-state index contributed by atoms with van der Waals surface area (Å²) in [7, 11) is 3.10. The van der Waals surface area contributed by atoms with Crippen LogP contribution in [0.5, 0.6) is 0 Å². The third-order valence-electron chi connectivity index (χ3n) is 4.29. The van der Waals surface area contributed by atoms with E-state index in [4.69, 9.17) is 21.1 Å². The van der Waals surface area contributed by atoms with Crippen molar-refractivity contribution < 1.29 is 19.1 Å². The summed E-state index contributed by atoms with van der Waals surface area (Å²) in [5.74, 6) is -0.447. The van der Waals surface area contributed by atoms with Gasteiger partial charge in [-0.15, -0.1) is 0 Å². The second-order valence-corrected chi connectivity index (χ2v) is 7.71. The van der Waals surface area contributed by atoms with Crippen molar-refractivity contribution in [1.82, 2.24) is 9.88 Å². The fourth-order valence-corrected chi connectivity index (χ4v) is 3.08. The summed E-state index contributed by atoms with van der Waals surface area (Å²) in [5.41, 5.74) is 0.570. The number of amides is 1. The smallest absolute Gasteiger partial charge is 0.410 e. The van der Waals surface area contributed by atoms with E-state index in [0.717, 1.165) is 12.8 Å². The van der Waals surface area contributed by atoms with E-state index >= 15 is 0 Å². The average Bonchev–Trinajstić information content (AvgIpc) is 2.59. The SMILES string of the molecule is COC(=O)c1cnc(Cl)cc1N1CCC(N(C)C(=O)OC(C)(C)C)CC1. The van der Waals surface area contributed by atoms with Crippen molar-refractivity contribution in [2.45, 2.75) is 45.3 Å². The van der Waals surface area contributed by atoms with Gasteiger partial charge in [0.25, 0.3) is 0 Å². The van der Waals surface area contributed by atoms with E-state index in [2.05, 4.69) is 9.88 Å². The summed E-state index contributed by atoms with van der Waals surface area (Å²) in [4.78, 5) is 31.9. The zero-order valence-corrected chi connectivity index (χ0v) is 16.7. The highest BCUT2D eigenvalue weighted by atomic mass is 35.5. The highest BCUT2D eigenvalue weighted by Crippen LogP contribution is 2.28. The number of methoxy groups -OCH3 is 1. The van der Waals surface area contributed by atoms with Crippen molar-refractivity contribution in [2.24, 2.45) is 0 Å². The van der Waals surface area contributed by atoms with Gasteiger partial charge in [0.1, 0.15) is 16.3 Å². The van der Waals surface area contributed by atoms with Crippen molar-refractivity contribution >= 4 is 29.4 Å². The molecule has 1 aliphatic rings. The van der Waals surface area contributed by atoms with Crippen molar-refractivity contribution in [3.8, 4) is 0 Å². The van der Waals surface area contributed by atoms with Crippen LogP contribution in [-0.2, 0) is 9.47 Å². The second kappa shape index (κ2) is 8.12. The molecule has 1 amide bonds. The van der Waals surface area contributed by atoms with Gasteiger partial charge in [-0.1, -0.05) is 11.6 Å². The first-order valence-corrected chi connectivity index (χ1v) is 8.95. The maximum Gasteiger partial charge on any atom is 0.410 e. The first-order chi connectivity index (χ1) is 12.1. The van der Waals surface area contributed by atoms with Crippen LogP contribution in [0, 0.1) is 0 Å². The molecule has 8 heteroatoms. The molecule has 0 radical (unpaired) electrons. The van der Waals surface area contributed by atoms with Crippen LogP contribution in [0.3, 0.4) is 0 Å². The Morgan fingerprint density at radius 3 is 2.46 bits per heavy atom. The zero-order valence-electron chi connectivity index (χ0n) is 15.9. The number of rotatable bonds is 3. The maximum absolute atomic E-state index is 12.2. The molecule has 1 saturated heterocycles. The number of aromatic nitrogens is 1. The van der Waals surface area contributed by atoms with Crippen LogP contribution in [0.2, 0.25) is 5.15 Å². The van der Waals surface area contributed by atoms with Gasteiger partial charge in [0, 0.05) is 32.4 Å². The van der Waals surface area contributed by atoms with Crippen LogP contribution in [0.1, 0.15) is 44.0 Å². The Labute approximate surface area is 159 Å². The molecule has 1 aliphatic heterocycles. The van der Waals surface area contributed by atoms with Crippen LogP contribution in [0.15, 0.2) is 12.3 Å². The summed E-state index contributed by atoms with van der Waals surface area (Å²) in [5, 5.41) is 0.320. The Kier molecular flexibility index (Phi) is 6.34. The molecule has 0 bridgehead atoms. The van der Waals surface area contributed by atoms with Gasteiger partial charge in [0.15, 0.2) is 0 Å². The number of hydrogen-bond acceptors (Lipinski definition) is 6. The van der Waals surface area contributed by atoms with Gasteiger partial charge < -0.3 is 19.3 Å². The zero-order chi connectivity index (χ0) is 19.5. The Morgan fingerprint density at radius 2 is 1.92 bits per heavy atom. The molecule has 1 aromatic rings. The molecule has 2 rings (SSSR count). The molecule has 1 fully saturated rings. The number of carbonyl (C=O) groups excluding carboxylic acids is 2. The number of esters is 1. The van der Waals surface area contributed by atoms with Crippen molar-refractivity contribution in [3.05, 3.63) is 23.0 Å². The van der Waals surface area contributed by atoms with E-state index in [1.807, 2.05) is 20.8 Å². The number of hydrogen-bond donors (Lipinski definition) is 0. The minimum atomic E-state index is -0.519. The van der Waals surface area contributed by atoms with Gasteiger partial charge >= 0.3 is 12.1 Å². The lowest BCUT2D eigenvalue weighted by molar-refractivity contribution is 0.0201. The largest absolute Gasteiger partial charge is 0.465 e. The molecule has 0 spiro atoms. The highest BCUT2D eigenvalue weighted by molar-refractivity contribution is 6.29. The molecule has 0 unspecified atom stereocenters. The predicted octanol–water partition coefficient (Wildman–Crippen LogP) is 3.36. The minimum absolute atomic E-state index is 0.0833. The van der Waals surface area contributed by atoms with E-state index in [1.54, 1.807) is 18.0 Å². The van der Waals surface area contributed by atoms with Gasteiger partial charge in [-0.25, -0.2) is 14.6 Å². The Balaban J connectivity index is 2.06. The Bertz CT molecular complexity index is 667. The number of carbonyl (C=O) groups is 2. The van der Waals surface area contributed by atoms with Gasteiger partial charge in [0.05, 0.1) is 12.8 Å². The van der Waals surface area contributed by atoms with Crippen molar-refractivity contribution in [3.63, 3.8) is 0 Å². The molecule has 0 atom stereocenters. The quantitative estimate of drug-likeness (QED) is 0.588. The molecule has 7 nitrogen and oxygen atoms in total. The van der Waals surface area contributed by atoms with E-state index in [1.165, 1.54) is 13.3 Å². The molecule has 2 heterocycles. The predicted molar refractivity (Wildman–Crippen MR) is 99.8 cm³/mol. The number of pyridine rings is 1. The average molecular weight is 384 g/mol. The molecule has 26 heavy (non-hydrogen) atoms. The van der Waals surface area contributed by atoms with Crippen LogP contribution in [0.4, 0.5) is 10.5 Å². The highest BCUT2D eigenvalue weighted by Gasteiger charge is 2.30. The lowest BCUT2D eigenvalue weighted by Crippen LogP contribution is -2.47. The molecule has 0 aliphatic carbocycles. The molecular formula is C18H26ClN3O4. The Hall–Kier alpha value is -2.02. The van der Waals surface area contributed by atoms with Crippen LogP contribution < -0.4 is 4.90 Å². The summed E-state index contributed by atoms with van der Waals surface area (Å²) in [6.45, 7) is 6.92. The number of anilines is 1. The van der Waals surface area contributed by atoms with Crippen LogP contribution in [0.25, 0.3) is 0 Å². The lowest BCUT2D eigenvalue weighted by Gasteiger charge is -2.38. The van der Waals surface area contributed by atoms with E-state index in [0.29, 0.717) is 29.5 Å². The summed E-state index contributed by atoms with van der Waals surface area (Å²) in [6.07, 6.45) is 2.63. The normalized spacial score (nSPS) is 15.5. The number of ether oxygens (including phenoxy) is 2. The van der Waals surface area contributed by atoms with Gasteiger partial charge in [0.2, 0.25) is 0 Å². The van der Waals surface area contributed by atoms with Crippen LogP contribution >= 0.6 is 11.6 Å². The van der Waals surface area contributed by atoms with Gasteiger partial charge in [-0.2, -0.15) is 0 Å². The molecule has 0 N–H and O–H groups in total. The van der Waals surface area contributed by atoms with Crippen LogP contribution in [-0.4, -0.2) is 60.8 Å². The van der Waals surface area contributed by atoms with Crippen molar-refractivity contribution in [2.75, 3.05) is 32.1 Å². The fourth-order valence-electron chi connectivity index (χ4n) is 2.93. The summed E-state index contributed by atoms with van der Waals surface area (Å²) >= 11 is 6.01. The minimum Gasteiger partial charge on any atom is -0.465 e. The van der Waals surface area contributed by atoms with E-state index in [9.17, 15) is 9.59 Å². The van der Waals surface area contributed by atoms with E-state index in [-0.39, 0.29) is 12.1 Å². The number of halogens is 1. The van der Waals surface area contributed by atoms with Crippen molar-refractivity contribution in [1.29, 1.82) is 0 Å². The lowest BCUT2D eigenvalue weighted by atomic mass is 10.0. The standard InChI is InChI=1S/C18H26ClN3O4/c1-18(2,3)26-17(24)21(4)12-6-8-22(9-7-12)14-10-15(19)20-11-13(14)16(23)25-5/h10-12H,6-9H2,1-5H3. The first-order valence-electron chi connectivity index (χ1n) is 8.57. The molecule has 144 valence electrons. The Morgan fingerprint density at radius 1 is 1.31 bits per heavy atom. The third-order valence-corrected chi connectivity index (χ3v) is 4.50. The number of nitrogens with zero attached hydrogens (tertiary/aromatic N) is 3. The molecule has 0 saturated carbocycles. The second-order valence-electron chi connectivity index (χ2n) is 7.33. The number of piperidine rings is 1. The molecule has 0 aromatic carbocycles. The molecular weight excluding hydrogens is 358 g/mol. The maximum atomic E-state index is 12.2. The fraction of sp³-hybridized carbons (Fsp3) is 0.611. The monoisotopic (exact) mass is 383 g/mol. The molecule has 1 aromatic heterocycles. The van der Waals surface area contributed by atoms with Gasteiger partial charge in [-0.05, 0) is 39.7 Å². The summed E-state index contributed by atoms with van der Waals surface area (Å²) in [6, 6.07) is 1.76. The van der Waals surface area contributed by atoms with Gasteiger partial charge in [-0.3, -0.25) is 0 Å². The first kappa shape index (κ1) is 20.3. The van der Waals surface area contributed by atoms with E-state index < -0.39 is 11.6 Å².